The van der Waals surface area contributed by atoms with Gasteiger partial charge in [0.05, 0.1) is 6.33 Å². The molecule has 3 heterocycles. The Hall–Kier alpha value is -2.18. The molecule has 0 spiro atoms. The van der Waals surface area contributed by atoms with Gasteiger partial charge in [-0.25, -0.2) is 14.8 Å². The lowest BCUT2D eigenvalue weighted by Crippen LogP contribution is -2.17. The fourth-order valence-corrected chi connectivity index (χ4v) is 2.12. The summed E-state index contributed by atoms with van der Waals surface area (Å²) in [5.74, 6) is 0. The predicted molar refractivity (Wildman–Crippen MR) is 66.4 cm³/mol. The van der Waals surface area contributed by atoms with Crippen LogP contribution >= 0.6 is 0 Å². The third kappa shape index (κ3) is 1.59. The number of imidazole rings is 1. The maximum Gasteiger partial charge on any atom is 0.349 e. The zero-order valence-corrected chi connectivity index (χ0v) is 10.1. The van der Waals surface area contributed by atoms with Gasteiger partial charge in [0, 0.05) is 6.54 Å². The first-order valence-corrected chi connectivity index (χ1v) is 6.08. The Morgan fingerprint density at radius 1 is 1.33 bits per heavy atom. The number of nitrogens with one attached hydrogen (secondary N) is 1. The summed E-state index contributed by atoms with van der Waals surface area (Å²) in [5.41, 5.74) is 1.65. The Morgan fingerprint density at radius 2 is 2.22 bits per heavy atom. The lowest BCUT2D eigenvalue weighted by molar-refractivity contribution is 0.613. The Morgan fingerprint density at radius 3 is 3.06 bits per heavy atom. The summed E-state index contributed by atoms with van der Waals surface area (Å²) in [5, 5.41) is 3.91. The van der Waals surface area contributed by atoms with Crippen LogP contribution in [0.5, 0.6) is 0 Å². The summed E-state index contributed by atoms with van der Waals surface area (Å²) in [6.07, 6.45) is 6.55. The maximum atomic E-state index is 11.7. The smallest absolute Gasteiger partial charge is 0.326 e. The Balaban J connectivity index is 2.16. The number of aromatic nitrogens is 6. The van der Waals surface area contributed by atoms with Crippen LogP contribution in [-0.2, 0) is 6.54 Å². The van der Waals surface area contributed by atoms with Gasteiger partial charge in [0.2, 0.25) is 0 Å². The van der Waals surface area contributed by atoms with Crippen molar-refractivity contribution in [3.8, 4) is 0 Å². The van der Waals surface area contributed by atoms with Gasteiger partial charge in [0.1, 0.15) is 11.8 Å². The lowest BCUT2D eigenvalue weighted by atomic mass is 10.2. The molecule has 3 rings (SSSR count). The van der Waals surface area contributed by atoms with Crippen LogP contribution in [-0.4, -0.2) is 29.1 Å². The summed E-state index contributed by atoms with van der Waals surface area (Å²) in [7, 11) is 0. The van der Waals surface area contributed by atoms with E-state index < -0.39 is 0 Å². The summed E-state index contributed by atoms with van der Waals surface area (Å²) in [4.78, 5) is 22.7. The van der Waals surface area contributed by atoms with Gasteiger partial charge >= 0.3 is 5.69 Å². The first-order chi connectivity index (χ1) is 8.81. The topological polar surface area (TPSA) is 80.9 Å². The molecule has 0 aliphatic carbocycles. The number of aromatic amines is 1. The van der Waals surface area contributed by atoms with Gasteiger partial charge in [-0.05, 0) is 6.42 Å². The molecule has 0 aliphatic heterocycles. The van der Waals surface area contributed by atoms with Crippen LogP contribution in [0.15, 0.2) is 17.4 Å². The molecular formula is C11H14N6O. The highest BCUT2D eigenvalue weighted by Gasteiger charge is 2.11. The quantitative estimate of drug-likeness (QED) is 0.695. The largest absolute Gasteiger partial charge is 0.349 e. The van der Waals surface area contributed by atoms with Gasteiger partial charge in [-0.15, -0.1) is 0 Å². The maximum absolute atomic E-state index is 11.7. The minimum atomic E-state index is -0.311. The molecule has 0 amide bonds. The molecule has 0 saturated carbocycles. The molecule has 0 unspecified atom stereocenters. The second-order valence-corrected chi connectivity index (χ2v) is 4.27. The van der Waals surface area contributed by atoms with Gasteiger partial charge in [-0.2, -0.15) is 9.61 Å². The monoisotopic (exact) mass is 246 g/mol. The van der Waals surface area contributed by atoms with Crippen molar-refractivity contribution in [1.82, 2.24) is 29.1 Å². The summed E-state index contributed by atoms with van der Waals surface area (Å²) >= 11 is 0. The fourth-order valence-electron chi connectivity index (χ4n) is 2.12. The van der Waals surface area contributed by atoms with E-state index in [2.05, 4.69) is 27.0 Å². The first kappa shape index (κ1) is 10.9. The van der Waals surface area contributed by atoms with Crippen molar-refractivity contribution in [3.63, 3.8) is 0 Å². The highest BCUT2D eigenvalue weighted by molar-refractivity contribution is 5.84. The Labute approximate surface area is 102 Å². The van der Waals surface area contributed by atoms with E-state index >= 15 is 0 Å². The van der Waals surface area contributed by atoms with E-state index in [1.807, 2.05) is 4.57 Å². The van der Waals surface area contributed by atoms with E-state index in [4.69, 9.17) is 0 Å². The number of nitrogens with zero attached hydrogens (tertiary/aromatic N) is 5. The molecule has 7 heteroatoms. The summed E-state index contributed by atoms with van der Waals surface area (Å²) < 4.78 is 3.28. The summed E-state index contributed by atoms with van der Waals surface area (Å²) in [6.45, 7) is 3.04. The summed E-state index contributed by atoms with van der Waals surface area (Å²) in [6, 6.07) is 0. The molecule has 3 aromatic heterocycles. The van der Waals surface area contributed by atoms with Crippen molar-refractivity contribution in [1.29, 1.82) is 0 Å². The highest BCUT2D eigenvalue weighted by Crippen LogP contribution is 2.14. The molecule has 3 aromatic rings. The van der Waals surface area contributed by atoms with E-state index in [0.29, 0.717) is 11.3 Å². The van der Waals surface area contributed by atoms with Crippen molar-refractivity contribution in [2.45, 2.75) is 32.7 Å². The third-order valence-corrected chi connectivity index (χ3v) is 3.02. The average molecular weight is 246 g/mol. The zero-order chi connectivity index (χ0) is 12.5. The van der Waals surface area contributed by atoms with E-state index in [1.165, 1.54) is 23.7 Å². The number of rotatable bonds is 4. The molecule has 18 heavy (non-hydrogen) atoms. The molecule has 0 atom stereocenters. The normalized spacial score (nSPS) is 11.6. The second kappa shape index (κ2) is 4.25. The molecule has 0 fully saturated rings. The zero-order valence-electron chi connectivity index (χ0n) is 10.1. The average Bonchev–Trinajstić information content (AvgIpc) is 2.96. The molecule has 0 radical (unpaired) electrons. The van der Waals surface area contributed by atoms with Crippen molar-refractivity contribution in [2.75, 3.05) is 0 Å². The van der Waals surface area contributed by atoms with Gasteiger partial charge in [-0.1, -0.05) is 19.8 Å². The molecule has 7 nitrogen and oxygen atoms in total. The highest BCUT2D eigenvalue weighted by atomic mass is 16.1. The van der Waals surface area contributed by atoms with Crippen molar-refractivity contribution in [3.05, 3.63) is 23.1 Å². The number of H-pyrrole nitrogens is 1. The Bertz CT molecular complexity index is 737. The Kier molecular flexibility index (Phi) is 2.58. The van der Waals surface area contributed by atoms with Gasteiger partial charge in [0.15, 0.2) is 11.3 Å². The minimum Gasteiger partial charge on any atom is -0.326 e. The number of fused-ring (bicyclic) bond motifs is 3. The lowest BCUT2D eigenvalue weighted by Gasteiger charge is -2.03. The molecule has 0 saturated heterocycles. The molecule has 0 bridgehead atoms. The molecule has 0 aliphatic rings. The van der Waals surface area contributed by atoms with Crippen molar-refractivity contribution >= 4 is 16.8 Å². The minimum absolute atomic E-state index is 0.311. The molecule has 94 valence electrons. The van der Waals surface area contributed by atoms with Crippen LogP contribution in [0.2, 0.25) is 0 Å². The predicted octanol–water partition coefficient (Wildman–Crippen LogP) is 0.957. The number of aryl methyl sites for hydroxylation is 1. The molecule has 1 N–H and O–H groups in total. The van der Waals surface area contributed by atoms with Crippen molar-refractivity contribution in [2.24, 2.45) is 0 Å². The standard InChI is InChI=1S/C11H14N6O/c1-2-3-4-5-16-7-13-9-8(16)10-12-6-14-17(10)11(18)15-9/h6-7H,2-5H2,1H3,(H,15,18). The first-order valence-electron chi connectivity index (χ1n) is 6.08. The van der Waals surface area contributed by atoms with Crippen LogP contribution in [0.25, 0.3) is 16.8 Å². The number of unbranched alkanes of at least 4 members (excludes halogenated alkanes) is 2. The van der Waals surface area contributed by atoms with Crippen LogP contribution < -0.4 is 5.69 Å². The van der Waals surface area contributed by atoms with Crippen LogP contribution in [0.4, 0.5) is 0 Å². The van der Waals surface area contributed by atoms with Gasteiger partial charge < -0.3 is 4.57 Å². The van der Waals surface area contributed by atoms with Gasteiger partial charge in [0.25, 0.3) is 0 Å². The van der Waals surface area contributed by atoms with E-state index in [-0.39, 0.29) is 5.69 Å². The van der Waals surface area contributed by atoms with E-state index in [0.717, 1.165) is 18.5 Å². The second-order valence-electron chi connectivity index (χ2n) is 4.27. The fraction of sp³-hybridized carbons (Fsp3) is 0.455. The number of hydrogen-bond donors (Lipinski definition) is 1. The van der Waals surface area contributed by atoms with Crippen LogP contribution in [0.1, 0.15) is 26.2 Å². The SMILES string of the molecule is CCCCCn1cnc2[nH]c(=O)n3ncnc3c21. The van der Waals surface area contributed by atoms with Crippen LogP contribution in [0, 0.1) is 0 Å². The molecular weight excluding hydrogens is 232 g/mol. The number of hydrogen-bond acceptors (Lipinski definition) is 4. The van der Waals surface area contributed by atoms with Gasteiger partial charge in [-0.3, -0.25) is 4.98 Å². The van der Waals surface area contributed by atoms with Crippen molar-refractivity contribution < 1.29 is 0 Å². The molecule has 0 aromatic carbocycles. The van der Waals surface area contributed by atoms with E-state index in [9.17, 15) is 4.79 Å². The third-order valence-electron chi connectivity index (χ3n) is 3.02. The van der Waals surface area contributed by atoms with E-state index in [1.54, 1.807) is 6.33 Å². The van der Waals surface area contributed by atoms with Crippen LogP contribution in [0.3, 0.4) is 0 Å².